The summed E-state index contributed by atoms with van der Waals surface area (Å²) in [7, 11) is 0. The number of rotatable bonds is 4. The zero-order chi connectivity index (χ0) is 12.2. The highest BCUT2D eigenvalue weighted by Crippen LogP contribution is 2.29. The first-order chi connectivity index (χ1) is 7.39. The fraction of sp³-hybridized carbons (Fsp3) is 0.455. The van der Waals surface area contributed by atoms with E-state index in [-0.39, 0.29) is 6.54 Å². The van der Waals surface area contributed by atoms with Crippen LogP contribution < -0.4 is 11.1 Å². The van der Waals surface area contributed by atoms with Gasteiger partial charge >= 0.3 is 6.18 Å². The molecular weight excluding hydrogens is 217 g/mol. The molecule has 0 aliphatic heterocycles. The van der Waals surface area contributed by atoms with Gasteiger partial charge in [-0.2, -0.15) is 13.2 Å². The van der Waals surface area contributed by atoms with Crippen LogP contribution in [0.2, 0.25) is 0 Å². The Morgan fingerprint density at radius 1 is 1.19 bits per heavy atom. The Morgan fingerprint density at radius 3 is 2.19 bits per heavy atom. The maximum absolute atomic E-state index is 12.7. The van der Waals surface area contributed by atoms with Crippen LogP contribution in [-0.4, -0.2) is 18.3 Å². The molecular formula is C11H15F3N2. The highest BCUT2D eigenvalue weighted by atomic mass is 19.4. The number of nitrogens with one attached hydrogen (secondary N) is 1. The highest BCUT2D eigenvalue weighted by molar-refractivity contribution is 5.15. The third-order valence-corrected chi connectivity index (χ3v) is 2.56. The minimum Gasteiger partial charge on any atom is -0.328 e. The van der Waals surface area contributed by atoms with Crippen LogP contribution in [0.4, 0.5) is 13.2 Å². The first kappa shape index (κ1) is 13.0. The van der Waals surface area contributed by atoms with Crippen molar-refractivity contribution in [3.63, 3.8) is 0 Å². The zero-order valence-corrected chi connectivity index (χ0v) is 9.01. The van der Waals surface area contributed by atoms with E-state index in [1.54, 1.807) is 24.3 Å². The Morgan fingerprint density at radius 2 is 1.75 bits per heavy atom. The normalized spacial score (nSPS) is 15.8. The fourth-order valence-electron chi connectivity index (χ4n) is 1.18. The molecule has 1 atom stereocenters. The summed E-state index contributed by atoms with van der Waals surface area (Å²) in [5, 5.41) is 2.45. The Kier molecular flexibility index (Phi) is 3.93. The molecule has 1 rings (SSSR count). The topological polar surface area (TPSA) is 38.0 Å². The molecule has 0 bridgehead atoms. The van der Waals surface area contributed by atoms with E-state index in [1.807, 2.05) is 6.07 Å². The molecule has 1 aromatic rings. The third kappa shape index (κ3) is 2.96. The molecule has 2 nitrogen and oxygen atoms in total. The summed E-state index contributed by atoms with van der Waals surface area (Å²) >= 11 is 0. The van der Waals surface area contributed by atoms with Gasteiger partial charge in [-0.15, -0.1) is 0 Å². The first-order valence-corrected chi connectivity index (χ1v) is 4.95. The molecule has 1 aromatic carbocycles. The molecule has 3 N–H and O–H groups in total. The van der Waals surface area contributed by atoms with Gasteiger partial charge in [-0.05, 0) is 12.5 Å². The Bertz CT molecular complexity index is 324. The maximum Gasteiger partial charge on any atom is 0.407 e. The van der Waals surface area contributed by atoms with Crippen molar-refractivity contribution < 1.29 is 13.2 Å². The van der Waals surface area contributed by atoms with Crippen LogP contribution in [0.3, 0.4) is 0 Å². The molecule has 0 saturated heterocycles. The molecule has 1 unspecified atom stereocenters. The molecule has 0 heterocycles. The van der Waals surface area contributed by atoms with Gasteiger partial charge in [0.05, 0.1) is 0 Å². The number of benzene rings is 1. The van der Waals surface area contributed by atoms with E-state index < -0.39 is 18.3 Å². The Balaban J connectivity index is 2.66. The number of halogens is 3. The van der Waals surface area contributed by atoms with Crippen LogP contribution in [-0.2, 0) is 6.54 Å². The standard InChI is InChI=1S/C11H15F3N2/c1-10(8-15,11(12,13)14)16-7-9-5-3-2-4-6-9/h2-6,16H,7-8,15H2,1H3. The minimum atomic E-state index is -4.35. The predicted molar refractivity (Wildman–Crippen MR) is 56.8 cm³/mol. The highest BCUT2D eigenvalue weighted by Gasteiger charge is 2.49. The van der Waals surface area contributed by atoms with Gasteiger partial charge in [0.25, 0.3) is 0 Å². The first-order valence-electron chi connectivity index (χ1n) is 4.95. The van der Waals surface area contributed by atoms with E-state index in [0.717, 1.165) is 12.5 Å². The lowest BCUT2D eigenvalue weighted by atomic mass is 10.0. The molecule has 16 heavy (non-hydrogen) atoms. The Hall–Kier alpha value is -1.07. The van der Waals surface area contributed by atoms with Crippen molar-refractivity contribution in [3.05, 3.63) is 35.9 Å². The van der Waals surface area contributed by atoms with Crippen LogP contribution in [0.15, 0.2) is 30.3 Å². The quantitative estimate of drug-likeness (QED) is 0.833. The van der Waals surface area contributed by atoms with Crippen LogP contribution in [0.1, 0.15) is 12.5 Å². The van der Waals surface area contributed by atoms with Crippen molar-refractivity contribution in [3.8, 4) is 0 Å². The van der Waals surface area contributed by atoms with Gasteiger partial charge in [0.15, 0.2) is 0 Å². The second kappa shape index (κ2) is 4.84. The lowest BCUT2D eigenvalue weighted by Gasteiger charge is -2.31. The van der Waals surface area contributed by atoms with E-state index in [4.69, 9.17) is 5.73 Å². The van der Waals surface area contributed by atoms with Gasteiger partial charge in [-0.1, -0.05) is 30.3 Å². The summed E-state index contributed by atoms with van der Waals surface area (Å²) < 4.78 is 38.0. The smallest absolute Gasteiger partial charge is 0.328 e. The van der Waals surface area contributed by atoms with E-state index in [2.05, 4.69) is 5.32 Å². The molecule has 0 saturated carbocycles. The van der Waals surface area contributed by atoms with E-state index in [9.17, 15) is 13.2 Å². The lowest BCUT2D eigenvalue weighted by molar-refractivity contribution is -0.188. The average Bonchev–Trinajstić information content (AvgIpc) is 2.26. The lowest BCUT2D eigenvalue weighted by Crippen LogP contribution is -2.58. The van der Waals surface area contributed by atoms with Gasteiger partial charge in [0.1, 0.15) is 5.54 Å². The third-order valence-electron chi connectivity index (χ3n) is 2.56. The summed E-state index contributed by atoms with van der Waals surface area (Å²) in [6.07, 6.45) is -4.35. The fourth-order valence-corrected chi connectivity index (χ4v) is 1.18. The second-order valence-corrected chi connectivity index (χ2v) is 3.87. The molecule has 5 heteroatoms. The van der Waals surface area contributed by atoms with Gasteiger partial charge in [0, 0.05) is 13.1 Å². The van der Waals surface area contributed by atoms with Crippen LogP contribution in [0.25, 0.3) is 0 Å². The van der Waals surface area contributed by atoms with E-state index in [1.165, 1.54) is 0 Å². The van der Waals surface area contributed by atoms with Crippen molar-refractivity contribution in [2.75, 3.05) is 6.54 Å². The SMILES string of the molecule is CC(CN)(NCc1ccccc1)C(F)(F)F. The summed E-state index contributed by atoms with van der Waals surface area (Å²) in [4.78, 5) is 0. The maximum atomic E-state index is 12.7. The monoisotopic (exact) mass is 232 g/mol. The van der Waals surface area contributed by atoms with Crippen LogP contribution in [0, 0.1) is 0 Å². The Labute approximate surface area is 92.6 Å². The molecule has 0 radical (unpaired) electrons. The van der Waals surface area contributed by atoms with Crippen molar-refractivity contribution in [1.82, 2.24) is 5.32 Å². The van der Waals surface area contributed by atoms with Crippen LogP contribution in [0.5, 0.6) is 0 Å². The summed E-state index contributed by atoms with van der Waals surface area (Å²) in [6.45, 7) is 0.729. The number of hydrogen-bond donors (Lipinski definition) is 2. The van der Waals surface area contributed by atoms with Crippen LogP contribution >= 0.6 is 0 Å². The second-order valence-electron chi connectivity index (χ2n) is 3.87. The van der Waals surface area contributed by atoms with E-state index >= 15 is 0 Å². The summed E-state index contributed by atoms with van der Waals surface area (Å²) in [6, 6.07) is 8.91. The number of hydrogen-bond acceptors (Lipinski definition) is 2. The largest absolute Gasteiger partial charge is 0.407 e. The molecule has 0 aliphatic rings. The molecule has 0 amide bonds. The van der Waals surface area contributed by atoms with Gasteiger partial charge in [-0.25, -0.2) is 0 Å². The molecule has 0 aromatic heterocycles. The van der Waals surface area contributed by atoms with Crippen molar-refractivity contribution in [2.45, 2.75) is 25.2 Å². The summed E-state index contributed by atoms with van der Waals surface area (Å²) in [5.41, 5.74) is 3.93. The van der Waals surface area contributed by atoms with Crippen molar-refractivity contribution in [1.29, 1.82) is 0 Å². The number of alkyl halides is 3. The van der Waals surface area contributed by atoms with Gasteiger partial charge in [0.2, 0.25) is 0 Å². The summed E-state index contributed by atoms with van der Waals surface area (Å²) in [5.74, 6) is 0. The van der Waals surface area contributed by atoms with E-state index in [0.29, 0.717) is 0 Å². The van der Waals surface area contributed by atoms with Crippen molar-refractivity contribution in [2.24, 2.45) is 5.73 Å². The minimum absolute atomic E-state index is 0.147. The van der Waals surface area contributed by atoms with Gasteiger partial charge < -0.3 is 5.73 Å². The average molecular weight is 232 g/mol. The number of nitrogens with two attached hydrogens (primary N) is 1. The van der Waals surface area contributed by atoms with Crippen molar-refractivity contribution >= 4 is 0 Å². The molecule has 0 spiro atoms. The molecule has 0 aliphatic carbocycles. The predicted octanol–water partition coefficient (Wildman–Crippen LogP) is 2.06. The molecule has 0 fully saturated rings. The molecule has 90 valence electrons. The van der Waals surface area contributed by atoms with Gasteiger partial charge in [-0.3, -0.25) is 5.32 Å². The zero-order valence-electron chi connectivity index (χ0n) is 9.01.